The quantitative estimate of drug-likeness (QED) is 0.354. The van der Waals surface area contributed by atoms with Gasteiger partial charge in [0.25, 0.3) is 0 Å². The van der Waals surface area contributed by atoms with Crippen molar-refractivity contribution in [3.8, 4) is 0 Å². The number of hydrogen-bond acceptors (Lipinski definition) is 5. The lowest BCUT2D eigenvalue weighted by Gasteiger charge is -2.34. The fourth-order valence-corrected chi connectivity index (χ4v) is 5.28. The maximum atomic E-state index is 14.5. The molecule has 1 aliphatic heterocycles. The third-order valence-corrected chi connectivity index (χ3v) is 7.83. The number of fused-ring (bicyclic) bond motifs is 1. The molecule has 2 N–H and O–H groups in total. The van der Waals surface area contributed by atoms with E-state index in [9.17, 15) is 18.8 Å². The Morgan fingerprint density at radius 2 is 1.71 bits per heavy atom. The number of halogens is 1. The molecule has 0 radical (unpaired) electrons. The Bertz CT molecular complexity index is 1360. The zero-order chi connectivity index (χ0) is 29.4. The largest absolute Gasteiger partial charge is 0.370 e. The minimum absolute atomic E-state index is 0.00750. The SMILES string of the molecule is CNC(=O)[C@@H](Cc1ccccc1F)N(C)C(=O)[C@@H](Cc1ccc2ccccc2c1)N(C)C(=O)COC[C@@H]1CCCN1. The Balaban J connectivity index is 1.57. The number of nitrogens with zero attached hydrogens (tertiary/aromatic N) is 2. The summed E-state index contributed by atoms with van der Waals surface area (Å²) in [5.41, 5.74) is 1.20. The molecule has 41 heavy (non-hydrogen) atoms. The molecule has 3 amide bonds. The van der Waals surface area contributed by atoms with Crippen molar-refractivity contribution in [3.05, 3.63) is 83.7 Å². The molecular weight excluding hydrogens is 523 g/mol. The summed E-state index contributed by atoms with van der Waals surface area (Å²) < 4.78 is 20.2. The van der Waals surface area contributed by atoms with Crippen LogP contribution in [0.3, 0.4) is 0 Å². The van der Waals surface area contributed by atoms with Gasteiger partial charge in [-0.3, -0.25) is 14.4 Å². The minimum Gasteiger partial charge on any atom is -0.370 e. The van der Waals surface area contributed by atoms with Gasteiger partial charge in [-0.25, -0.2) is 4.39 Å². The number of rotatable bonds is 12. The summed E-state index contributed by atoms with van der Waals surface area (Å²) in [6.45, 7) is 1.20. The summed E-state index contributed by atoms with van der Waals surface area (Å²) in [5, 5.41) is 8.02. The Morgan fingerprint density at radius 3 is 2.41 bits per heavy atom. The number of benzene rings is 3. The van der Waals surface area contributed by atoms with Gasteiger partial charge >= 0.3 is 0 Å². The molecule has 4 rings (SSSR count). The van der Waals surface area contributed by atoms with E-state index < -0.39 is 29.7 Å². The van der Waals surface area contributed by atoms with Crippen LogP contribution in [0.2, 0.25) is 0 Å². The average Bonchev–Trinajstić information content (AvgIpc) is 3.51. The number of carbonyl (C=O) groups is 3. The molecule has 9 heteroatoms. The van der Waals surface area contributed by atoms with Crippen LogP contribution in [0.4, 0.5) is 4.39 Å². The van der Waals surface area contributed by atoms with E-state index in [-0.39, 0.29) is 31.4 Å². The zero-order valence-corrected chi connectivity index (χ0v) is 23.9. The molecule has 0 aromatic heterocycles. The lowest BCUT2D eigenvalue weighted by Crippen LogP contribution is -2.56. The van der Waals surface area contributed by atoms with Crippen LogP contribution in [0, 0.1) is 5.82 Å². The highest BCUT2D eigenvalue weighted by Gasteiger charge is 2.35. The lowest BCUT2D eigenvalue weighted by molar-refractivity contribution is -0.149. The fraction of sp³-hybridized carbons (Fsp3) is 0.406. The Morgan fingerprint density at radius 1 is 0.976 bits per heavy atom. The molecule has 0 unspecified atom stereocenters. The van der Waals surface area contributed by atoms with E-state index in [0.29, 0.717) is 12.2 Å². The molecule has 3 aromatic rings. The van der Waals surface area contributed by atoms with Crippen molar-refractivity contribution in [2.24, 2.45) is 0 Å². The van der Waals surface area contributed by atoms with E-state index >= 15 is 0 Å². The van der Waals surface area contributed by atoms with Gasteiger partial charge in [0.1, 0.15) is 24.5 Å². The second-order valence-corrected chi connectivity index (χ2v) is 10.6. The van der Waals surface area contributed by atoms with E-state index in [2.05, 4.69) is 10.6 Å². The first-order valence-electron chi connectivity index (χ1n) is 14.0. The molecule has 1 aliphatic rings. The summed E-state index contributed by atoms with van der Waals surface area (Å²) in [6.07, 6.45) is 2.31. The van der Waals surface area contributed by atoms with Gasteiger partial charge in [-0.2, -0.15) is 0 Å². The second kappa shape index (κ2) is 14.2. The van der Waals surface area contributed by atoms with Crippen LogP contribution in [-0.2, 0) is 32.0 Å². The highest BCUT2D eigenvalue weighted by Crippen LogP contribution is 2.20. The van der Waals surface area contributed by atoms with Crippen molar-refractivity contribution in [3.63, 3.8) is 0 Å². The molecule has 1 fully saturated rings. The molecule has 0 spiro atoms. The summed E-state index contributed by atoms with van der Waals surface area (Å²) in [7, 11) is 4.59. The van der Waals surface area contributed by atoms with Crippen LogP contribution < -0.4 is 10.6 Å². The van der Waals surface area contributed by atoms with Crippen molar-refractivity contribution in [1.82, 2.24) is 20.4 Å². The van der Waals surface area contributed by atoms with E-state index in [1.165, 1.54) is 30.0 Å². The van der Waals surface area contributed by atoms with Crippen molar-refractivity contribution < 1.29 is 23.5 Å². The predicted octanol–water partition coefficient (Wildman–Crippen LogP) is 2.93. The van der Waals surface area contributed by atoms with Crippen LogP contribution in [0.1, 0.15) is 24.0 Å². The average molecular weight is 563 g/mol. The van der Waals surface area contributed by atoms with Gasteiger partial charge in [-0.15, -0.1) is 0 Å². The highest BCUT2D eigenvalue weighted by molar-refractivity contribution is 5.92. The van der Waals surface area contributed by atoms with Gasteiger partial charge in [0.05, 0.1) is 6.61 Å². The van der Waals surface area contributed by atoms with Crippen molar-refractivity contribution >= 4 is 28.5 Å². The van der Waals surface area contributed by atoms with Gasteiger partial charge in [-0.05, 0) is 47.4 Å². The minimum atomic E-state index is -0.975. The number of carbonyl (C=O) groups excluding carboxylic acids is 3. The molecule has 8 nitrogen and oxygen atoms in total. The first kappa shape index (κ1) is 30.1. The van der Waals surface area contributed by atoms with Crippen LogP contribution in [0.25, 0.3) is 10.8 Å². The summed E-state index contributed by atoms with van der Waals surface area (Å²) in [6, 6.07) is 18.4. The topological polar surface area (TPSA) is 91.0 Å². The van der Waals surface area contributed by atoms with Crippen LogP contribution in [0.5, 0.6) is 0 Å². The smallest absolute Gasteiger partial charge is 0.249 e. The van der Waals surface area contributed by atoms with Gasteiger partial charge in [0.2, 0.25) is 17.7 Å². The van der Waals surface area contributed by atoms with Crippen molar-refractivity contribution in [1.29, 1.82) is 0 Å². The molecule has 0 bridgehead atoms. The Kier molecular flexibility index (Phi) is 10.4. The van der Waals surface area contributed by atoms with Gasteiger partial charge in [-0.1, -0.05) is 60.7 Å². The molecule has 1 heterocycles. The molecule has 0 saturated carbocycles. The Labute approximate surface area is 240 Å². The van der Waals surface area contributed by atoms with E-state index in [0.717, 1.165) is 35.7 Å². The van der Waals surface area contributed by atoms with E-state index in [1.54, 1.807) is 25.2 Å². The molecule has 218 valence electrons. The van der Waals surface area contributed by atoms with Crippen LogP contribution >= 0.6 is 0 Å². The van der Waals surface area contributed by atoms with E-state index in [1.807, 2.05) is 42.5 Å². The third kappa shape index (κ3) is 7.68. The maximum Gasteiger partial charge on any atom is 0.249 e. The molecular formula is C32H39FN4O4. The van der Waals surface area contributed by atoms with E-state index in [4.69, 9.17) is 4.74 Å². The van der Waals surface area contributed by atoms with Gasteiger partial charge in [0, 0.05) is 40.0 Å². The predicted molar refractivity (Wildman–Crippen MR) is 157 cm³/mol. The molecule has 1 saturated heterocycles. The monoisotopic (exact) mass is 562 g/mol. The molecule has 3 aromatic carbocycles. The maximum absolute atomic E-state index is 14.5. The Hall–Kier alpha value is -3.82. The molecule has 0 aliphatic carbocycles. The second-order valence-electron chi connectivity index (χ2n) is 10.6. The van der Waals surface area contributed by atoms with Gasteiger partial charge < -0.3 is 25.2 Å². The number of amides is 3. The third-order valence-electron chi connectivity index (χ3n) is 7.83. The molecule has 3 atom stereocenters. The van der Waals surface area contributed by atoms with Gasteiger partial charge in [0.15, 0.2) is 0 Å². The number of likely N-dealkylation sites (N-methyl/N-ethyl adjacent to an activating group) is 3. The normalized spacial score (nSPS) is 16.2. The summed E-state index contributed by atoms with van der Waals surface area (Å²) >= 11 is 0. The van der Waals surface area contributed by atoms with Crippen molar-refractivity contribution in [2.45, 2.75) is 43.8 Å². The first-order chi connectivity index (χ1) is 19.8. The summed E-state index contributed by atoms with van der Waals surface area (Å²) in [5.74, 6) is -1.62. The number of hydrogen-bond donors (Lipinski definition) is 2. The van der Waals surface area contributed by atoms with Crippen molar-refractivity contribution in [2.75, 3.05) is 40.9 Å². The van der Waals surface area contributed by atoms with Crippen LogP contribution in [0.15, 0.2) is 66.7 Å². The van der Waals surface area contributed by atoms with Crippen LogP contribution in [-0.4, -0.2) is 86.5 Å². The standard InChI is InChI=1S/C32H39FN4O4/c1-34-31(39)28(19-25-11-6-7-13-27(25)33)37(3)32(40)29(18-22-14-15-23-9-4-5-10-24(23)17-22)36(2)30(38)21-41-20-26-12-8-16-35-26/h4-7,9-11,13-15,17,26,28-29,35H,8,12,16,18-21H2,1-3H3,(H,34,39)/t26-,28+,29+/m0/s1. The fourth-order valence-electron chi connectivity index (χ4n) is 5.28. The lowest BCUT2D eigenvalue weighted by atomic mass is 9.98. The highest BCUT2D eigenvalue weighted by atomic mass is 19.1. The number of nitrogens with one attached hydrogen (secondary N) is 2. The number of ether oxygens (including phenoxy) is 1. The first-order valence-corrected chi connectivity index (χ1v) is 14.0. The zero-order valence-electron chi connectivity index (χ0n) is 23.9. The summed E-state index contributed by atoms with van der Waals surface area (Å²) in [4.78, 5) is 43.0.